The van der Waals surface area contributed by atoms with Crippen molar-refractivity contribution in [2.45, 2.75) is 90.4 Å². The molecule has 0 bridgehead atoms. The molecule has 0 amide bonds. The summed E-state index contributed by atoms with van der Waals surface area (Å²) in [5.74, 6) is -0.673. The second-order valence-electron chi connectivity index (χ2n) is 5.65. The molecule has 0 radical (unpaired) electrons. The SMILES string of the molecule is CCCCCCCCOCCCCCCCCC(=O)O. The van der Waals surface area contributed by atoms with E-state index in [1.54, 1.807) is 0 Å². The molecule has 20 heavy (non-hydrogen) atoms. The van der Waals surface area contributed by atoms with Crippen LogP contribution in [0.5, 0.6) is 0 Å². The van der Waals surface area contributed by atoms with E-state index in [-0.39, 0.29) is 0 Å². The van der Waals surface area contributed by atoms with E-state index in [2.05, 4.69) is 6.92 Å². The summed E-state index contributed by atoms with van der Waals surface area (Å²) in [5.41, 5.74) is 0. The highest BCUT2D eigenvalue weighted by atomic mass is 16.5. The Morgan fingerprint density at radius 2 is 1.20 bits per heavy atom. The van der Waals surface area contributed by atoms with Crippen LogP contribution in [0.15, 0.2) is 0 Å². The smallest absolute Gasteiger partial charge is 0.303 e. The minimum absolute atomic E-state index is 0.321. The molecule has 0 aromatic heterocycles. The average molecular weight is 286 g/mol. The molecule has 0 saturated carbocycles. The summed E-state index contributed by atoms with van der Waals surface area (Å²) in [6, 6.07) is 0. The molecule has 0 rings (SSSR count). The van der Waals surface area contributed by atoms with E-state index < -0.39 is 5.97 Å². The Bertz CT molecular complexity index is 204. The van der Waals surface area contributed by atoms with Gasteiger partial charge < -0.3 is 9.84 Å². The number of hydrogen-bond donors (Lipinski definition) is 1. The van der Waals surface area contributed by atoms with E-state index in [1.807, 2.05) is 0 Å². The summed E-state index contributed by atoms with van der Waals surface area (Å²) in [6.07, 6.45) is 14.8. The van der Waals surface area contributed by atoms with Crippen molar-refractivity contribution >= 4 is 5.97 Å². The van der Waals surface area contributed by atoms with Crippen LogP contribution >= 0.6 is 0 Å². The summed E-state index contributed by atoms with van der Waals surface area (Å²) in [6.45, 7) is 4.06. The summed E-state index contributed by atoms with van der Waals surface area (Å²) < 4.78 is 5.62. The van der Waals surface area contributed by atoms with E-state index in [4.69, 9.17) is 9.84 Å². The van der Waals surface area contributed by atoms with Crippen molar-refractivity contribution < 1.29 is 14.6 Å². The molecule has 0 atom stereocenters. The van der Waals surface area contributed by atoms with Crippen molar-refractivity contribution in [3.63, 3.8) is 0 Å². The maximum absolute atomic E-state index is 10.3. The van der Waals surface area contributed by atoms with Gasteiger partial charge in [-0.3, -0.25) is 4.79 Å². The first-order chi connectivity index (χ1) is 9.77. The Labute approximate surface area is 125 Å². The fraction of sp³-hybridized carbons (Fsp3) is 0.941. The van der Waals surface area contributed by atoms with Gasteiger partial charge in [0.25, 0.3) is 0 Å². The average Bonchev–Trinajstić information content (AvgIpc) is 2.43. The lowest BCUT2D eigenvalue weighted by Crippen LogP contribution is -1.97. The van der Waals surface area contributed by atoms with Crippen molar-refractivity contribution in [1.82, 2.24) is 0 Å². The van der Waals surface area contributed by atoms with Gasteiger partial charge in [0.1, 0.15) is 0 Å². The van der Waals surface area contributed by atoms with Crippen LogP contribution in [0.3, 0.4) is 0 Å². The van der Waals surface area contributed by atoms with Crippen LogP contribution in [0.25, 0.3) is 0 Å². The summed E-state index contributed by atoms with van der Waals surface area (Å²) in [5, 5.41) is 8.50. The largest absolute Gasteiger partial charge is 0.481 e. The molecule has 0 unspecified atom stereocenters. The molecular formula is C17H34O3. The first kappa shape index (κ1) is 19.4. The maximum atomic E-state index is 10.3. The molecule has 0 aliphatic carbocycles. The third kappa shape index (κ3) is 17.4. The Kier molecular flexibility index (Phi) is 16.0. The molecule has 0 fully saturated rings. The fourth-order valence-electron chi connectivity index (χ4n) is 2.27. The predicted octanol–water partition coefficient (Wildman–Crippen LogP) is 5.18. The normalized spacial score (nSPS) is 10.8. The van der Waals surface area contributed by atoms with Crippen LogP contribution in [0.2, 0.25) is 0 Å². The predicted molar refractivity (Wildman–Crippen MR) is 84.1 cm³/mol. The second kappa shape index (κ2) is 16.5. The van der Waals surface area contributed by atoms with Crippen LogP contribution < -0.4 is 0 Å². The molecular weight excluding hydrogens is 252 g/mol. The Hall–Kier alpha value is -0.570. The number of carboxylic acid groups (broad SMARTS) is 1. The van der Waals surface area contributed by atoms with Crippen molar-refractivity contribution in [1.29, 1.82) is 0 Å². The number of hydrogen-bond acceptors (Lipinski definition) is 2. The quantitative estimate of drug-likeness (QED) is 0.398. The minimum Gasteiger partial charge on any atom is -0.481 e. The van der Waals surface area contributed by atoms with Gasteiger partial charge in [0.15, 0.2) is 0 Å². The van der Waals surface area contributed by atoms with E-state index in [0.29, 0.717) is 6.42 Å². The number of carboxylic acids is 1. The lowest BCUT2D eigenvalue weighted by atomic mass is 10.1. The fourth-order valence-corrected chi connectivity index (χ4v) is 2.27. The minimum atomic E-state index is -0.673. The molecule has 0 aliphatic rings. The van der Waals surface area contributed by atoms with Crippen LogP contribution in [-0.4, -0.2) is 24.3 Å². The molecule has 0 spiro atoms. The first-order valence-corrected chi connectivity index (χ1v) is 8.57. The summed E-state index contributed by atoms with van der Waals surface area (Å²) >= 11 is 0. The van der Waals surface area contributed by atoms with Gasteiger partial charge in [-0.05, 0) is 19.3 Å². The molecule has 0 aromatic rings. The lowest BCUT2D eigenvalue weighted by Gasteiger charge is -2.04. The van der Waals surface area contributed by atoms with Crippen LogP contribution in [-0.2, 0) is 9.53 Å². The van der Waals surface area contributed by atoms with Crippen molar-refractivity contribution in [3.05, 3.63) is 0 Å². The van der Waals surface area contributed by atoms with Gasteiger partial charge in [0, 0.05) is 19.6 Å². The number of ether oxygens (including phenoxy) is 1. The van der Waals surface area contributed by atoms with Gasteiger partial charge >= 0.3 is 5.97 Å². The molecule has 1 N–H and O–H groups in total. The first-order valence-electron chi connectivity index (χ1n) is 8.57. The van der Waals surface area contributed by atoms with Gasteiger partial charge in [-0.15, -0.1) is 0 Å². The van der Waals surface area contributed by atoms with Gasteiger partial charge in [0.05, 0.1) is 0 Å². The molecule has 120 valence electrons. The zero-order chi connectivity index (χ0) is 14.9. The second-order valence-corrected chi connectivity index (χ2v) is 5.65. The zero-order valence-corrected chi connectivity index (χ0v) is 13.4. The molecule has 3 nitrogen and oxygen atoms in total. The van der Waals surface area contributed by atoms with Crippen molar-refractivity contribution in [2.75, 3.05) is 13.2 Å². The third-order valence-corrected chi connectivity index (χ3v) is 3.57. The topological polar surface area (TPSA) is 46.5 Å². The van der Waals surface area contributed by atoms with Gasteiger partial charge in [-0.1, -0.05) is 64.7 Å². The third-order valence-electron chi connectivity index (χ3n) is 3.57. The number of unbranched alkanes of at least 4 members (excludes halogenated alkanes) is 10. The molecule has 0 aliphatic heterocycles. The van der Waals surface area contributed by atoms with E-state index in [1.165, 1.54) is 51.4 Å². The zero-order valence-electron chi connectivity index (χ0n) is 13.4. The highest BCUT2D eigenvalue weighted by Crippen LogP contribution is 2.08. The van der Waals surface area contributed by atoms with Crippen molar-refractivity contribution in [3.8, 4) is 0 Å². The number of carbonyl (C=O) groups is 1. The van der Waals surface area contributed by atoms with Gasteiger partial charge in [0.2, 0.25) is 0 Å². The summed E-state index contributed by atoms with van der Waals surface area (Å²) in [4.78, 5) is 10.3. The molecule has 3 heteroatoms. The van der Waals surface area contributed by atoms with Crippen molar-refractivity contribution in [2.24, 2.45) is 0 Å². The summed E-state index contributed by atoms with van der Waals surface area (Å²) in [7, 11) is 0. The number of aliphatic carboxylic acids is 1. The monoisotopic (exact) mass is 286 g/mol. The maximum Gasteiger partial charge on any atom is 0.303 e. The Morgan fingerprint density at radius 1 is 0.750 bits per heavy atom. The van der Waals surface area contributed by atoms with E-state index >= 15 is 0 Å². The highest BCUT2D eigenvalue weighted by Gasteiger charge is 1.96. The Balaban J connectivity index is 2.94. The van der Waals surface area contributed by atoms with Gasteiger partial charge in [-0.25, -0.2) is 0 Å². The van der Waals surface area contributed by atoms with Crippen LogP contribution in [0.4, 0.5) is 0 Å². The number of rotatable bonds is 16. The van der Waals surface area contributed by atoms with Crippen LogP contribution in [0, 0.1) is 0 Å². The highest BCUT2D eigenvalue weighted by molar-refractivity contribution is 5.66. The lowest BCUT2D eigenvalue weighted by molar-refractivity contribution is -0.137. The molecule has 0 aromatic carbocycles. The van der Waals surface area contributed by atoms with E-state index in [0.717, 1.165) is 38.9 Å². The molecule has 0 heterocycles. The van der Waals surface area contributed by atoms with E-state index in [9.17, 15) is 4.79 Å². The van der Waals surface area contributed by atoms with Crippen LogP contribution in [0.1, 0.15) is 90.4 Å². The standard InChI is InChI=1S/C17H34O3/c1-2-3-4-5-9-12-15-20-16-13-10-7-6-8-11-14-17(18)19/h2-16H2,1H3,(H,18,19). The molecule has 0 saturated heterocycles. The Morgan fingerprint density at radius 3 is 1.70 bits per heavy atom. The van der Waals surface area contributed by atoms with Gasteiger partial charge in [-0.2, -0.15) is 0 Å².